The van der Waals surface area contributed by atoms with Gasteiger partial charge in [0, 0.05) is 11.9 Å². The highest BCUT2D eigenvalue weighted by Crippen LogP contribution is 2.43. The first-order valence-electron chi connectivity index (χ1n) is 9.07. The van der Waals surface area contributed by atoms with Gasteiger partial charge in [-0.05, 0) is 57.1 Å². The van der Waals surface area contributed by atoms with E-state index >= 15 is 0 Å². The molecule has 5 nitrogen and oxygen atoms in total. The normalized spacial score (nSPS) is 18.4. The van der Waals surface area contributed by atoms with E-state index in [0.717, 1.165) is 28.6 Å². The number of rotatable bonds is 2. The van der Waals surface area contributed by atoms with Crippen LogP contribution in [0.15, 0.2) is 24.3 Å². The van der Waals surface area contributed by atoms with Crippen LogP contribution in [-0.2, 0) is 4.74 Å². The van der Waals surface area contributed by atoms with Gasteiger partial charge in [0.25, 0.3) is 0 Å². The van der Waals surface area contributed by atoms with Gasteiger partial charge in [-0.3, -0.25) is 5.10 Å². The van der Waals surface area contributed by atoms with Gasteiger partial charge in [0.15, 0.2) is 0 Å². The van der Waals surface area contributed by atoms with Gasteiger partial charge in [-0.1, -0.05) is 24.3 Å². The Hall–Kier alpha value is -2.30. The van der Waals surface area contributed by atoms with Gasteiger partial charge in [0.1, 0.15) is 5.60 Å². The van der Waals surface area contributed by atoms with E-state index in [1.54, 1.807) is 4.90 Å². The maximum Gasteiger partial charge on any atom is 0.410 e. The van der Waals surface area contributed by atoms with Crippen LogP contribution in [0, 0.1) is 0 Å². The molecule has 25 heavy (non-hydrogen) atoms. The third kappa shape index (κ3) is 3.28. The van der Waals surface area contributed by atoms with Crippen LogP contribution in [0.5, 0.6) is 0 Å². The largest absolute Gasteiger partial charge is 0.444 e. The number of fused-ring (bicyclic) bond motifs is 1. The summed E-state index contributed by atoms with van der Waals surface area (Å²) in [6, 6.07) is 6.42. The highest BCUT2D eigenvalue weighted by Gasteiger charge is 2.28. The number of hydrogen-bond donors (Lipinski definition) is 1. The third-order valence-electron chi connectivity index (χ3n) is 4.76. The summed E-state index contributed by atoms with van der Waals surface area (Å²) < 4.78 is 5.52. The molecule has 1 aromatic heterocycles. The summed E-state index contributed by atoms with van der Waals surface area (Å²) in [4.78, 5) is 14.2. The van der Waals surface area contributed by atoms with Gasteiger partial charge in [-0.25, -0.2) is 4.79 Å². The molecule has 2 aliphatic rings. The summed E-state index contributed by atoms with van der Waals surface area (Å²) in [7, 11) is 0. The summed E-state index contributed by atoms with van der Waals surface area (Å²) in [5.74, 6) is 0.665. The fourth-order valence-corrected chi connectivity index (χ4v) is 3.44. The first kappa shape index (κ1) is 16.2. The van der Waals surface area contributed by atoms with Crippen molar-refractivity contribution >= 4 is 22.6 Å². The lowest BCUT2D eigenvalue weighted by atomic mass is 10.0. The number of hydrogen-bond acceptors (Lipinski definition) is 3. The lowest BCUT2D eigenvalue weighted by molar-refractivity contribution is 0.0273. The zero-order chi connectivity index (χ0) is 17.6. The zero-order valence-electron chi connectivity index (χ0n) is 15.1. The molecule has 1 saturated carbocycles. The van der Waals surface area contributed by atoms with Gasteiger partial charge in [0.2, 0.25) is 0 Å². The number of aromatic amines is 1. The van der Waals surface area contributed by atoms with Gasteiger partial charge in [-0.15, -0.1) is 0 Å². The van der Waals surface area contributed by atoms with Crippen molar-refractivity contribution in [2.75, 3.05) is 13.1 Å². The maximum atomic E-state index is 12.4. The molecule has 2 heterocycles. The summed E-state index contributed by atoms with van der Waals surface area (Å²) in [5, 5.41) is 8.96. The molecule has 1 amide bonds. The summed E-state index contributed by atoms with van der Waals surface area (Å²) in [6.07, 6.45) is 5.31. The van der Waals surface area contributed by atoms with E-state index in [-0.39, 0.29) is 6.09 Å². The Morgan fingerprint density at radius 3 is 2.84 bits per heavy atom. The predicted molar refractivity (Wildman–Crippen MR) is 98.5 cm³/mol. The molecule has 132 valence electrons. The topological polar surface area (TPSA) is 58.2 Å². The van der Waals surface area contributed by atoms with Crippen molar-refractivity contribution in [3.05, 3.63) is 35.5 Å². The first-order valence-corrected chi connectivity index (χ1v) is 9.07. The van der Waals surface area contributed by atoms with Crippen LogP contribution < -0.4 is 0 Å². The average molecular weight is 339 g/mol. The number of benzene rings is 1. The van der Waals surface area contributed by atoms with Crippen molar-refractivity contribution in [3.63, 3.8) is 0 Å². The number of H-pyrrole nitrogens is 1. The highest BCUT2D eigenvalue weighted by atomic mass is 16.6. The third-order valence-corrected chi connectivity index (χ3v) is 4.76. The van der Waals surface area contributed by atoms with E-state index in [1.165, 1.54) is 18.4 Å². The Bertz CT molecular complexity index is 840. The Kier molecular flexibility index (Phi) is 3.82. The summed E-state index contributed by atoms with van der Waals surface area (Å²) in [6.45, 7) is 6.94. The van der Waals surface area contributed by atoms with E-state index in [1.807, 2.05) is 20.8 Å². The van der Waals surface area contributed by atoms with Crippen molar-refractivity contribution in [1.29, 1.82) is 0 Å². The molecule has 0 saturated heterocycles. The number of para-hydroxylation sites is 1. The monoisotopic (exact) mass is 339 g/mol. The van der Waals surface area contributed by atoms with Gasteiger partial charge >= 0.3 is 6.09 Å². The van der Waals surface area contributed by atoms with Gasteiger partial charge < -0.3 is 9.64 Å². The molecule has 0 spiro atoms. The molecule has 4 rings (SSSR count). The fourth-order valence-electron chi connectivity index (χ4n) is 3.44. The molecular formula is C20H25N3O2. The lowest BCUT2D eigenvalue weighted by Crippen LogP contribution is -2.39. The SMILES string of the molecule is CC(C)(C)OC(=O)N1CCC=C(c2[nH]nc3c(C4CC4)cccc23)C1. The molecule has 0 radical (unpaired) electrons. The van der Waals surface area contributed by atoms with Gasteiger partial charge in [0.05, 0.1) is 17.8 Å². The lowest BCUT2D eigenvalue weighted by Gasteiger charge is -2.30. The molecule has 0 bridgehead atoms. The smallest absolute Gasteiger partial charge is 0.410 e. The Labute approximate surface area is 148 Å². The zero-order valence-corrected chi connectivity index (χ0v) is 15.1. The second-order valence-corrected chi connectivity index (χ2v) is 8.04. The van der Waals surface area contributed by atoms with Crippen molar-refractivity contribution in [2.45, 2.75) is 51.6 Å². The number of aromatic nitrogens is 2. The highest BCUT2D eigenvalue weighted by molar-refractivity contribution is 5.93. The van der Waals surface area contributed by atoms with Crippen LogP contribution in [0.1, 0.15) is 57.2 Å². The van der Waals surface area contributed by atoms with E-state index in [0.29, 0.717) is 19.0 Å². The second-order valence-electron chi connectivity index (χ2n) is 8.04. The van der Waals surface area contributed by atoms with E-state index in [2.05, 4.69) is 34.5 Å². The molecule has 1 aromatic carbocycles. The van der Waals surface area contributed by atoms with Crippen molar-refractivity contribution in [2.24, 2.45) is 0 Å². The van der Waals surface area contributed by atoms with Crippen LogP contribution in [0.3, 0.4) is 0 Å². The second kappa shape index (κ2) is 5.90. The van der Waals surface area contributed by atoms with Crippen molar-refractivity contribution < 1.29 is 9.53 Å². The maximum absolute atomic E-state index is 12.4. The Morgan fingerprint density at radius 2 is 2.12 bits per heavy atom. The Morgan fingerprint density at radius 1 is 1.32 bits per heavy atom. The van der Waals surface area contributed by atoms with Crippen molar-refractivity contribution in [3.8, 4) is 0 Å². The number of carbonyl (C=O) groups is 1. The first-order chi connectivity index (χ1) is 11.9. The number of amides is 1. The molecular weight excluding hydrogens is 314 g/mol. The molecule has 2 aromatic rings. The van der Waals surface area contributed by atoms with Gasteiger partial charge in [-0.2, -0.15) is 5.10 Å². The van der Waals surface area contributed by atoms with Crippen LogP contribution in [0.25, 0.3) is 16.5 Å². The summed E-state index contributed by atoms with van der Waals surface area (Å²) in [5.41, 5.74) is 4.10. The van der Waals surface area contributed by atoms with Crippen LogP contribution in [0.2, 0.25) is 0 Å². The standard InChI is InChI=1S/C20H25N3O2/c1-20(2,3)25-19(24)23-11-5-6-14(12-23)17-16-8-4-7-15(13-9-10-13)18(16)22-21-17/h4,6-8,13H,5,9-12H2,1-3H3,(H,21,22). The van der Waals surface area contributed by atoms with Crippen molar-refractivity contribution in [1.82, 2.24) is 15.1 Å². The number of carbonyl (C=O) groups excluding carboxylic acids is 1. The predicted octanol–water partition coefficient (Wildman–Crippen LogP) is 4.46. The molecule has 1 N–H and O–H groups in total. The minimum atomic E-state index is -0.474. The van der Waals surface area contributed by atoms with Crippen LogP contribution >= 0.6 is 0 Å². The molecule has 0 unspecified atom stereocenters. The minimum Gasteiger partial charge on any atom is -0.444 e. The average Bonchev–Trinajstić information content (AvgIpc) is 3.31. The van der Waals surface area contributed by atoms with E-state index < -0.39 is 5.60 Å². The molecule has 1 fully saturated rings. The molecule has 1 aliphatic heterocycles. The van der Waals surface area contributed by atoms with Crippen LogP contribution in [0.4, 0.5) is 4.79 Å². The molecule has 5 heteroatoms. The Balaban J connectivity index is 1.60. The number of nitrogens with zero attached hydrogens (tertiary/aromatic N) is 2. The van der Waals surface area contributed by atoms with Crippen LogP contribution in [-0.4, -0.2) is 39.9 Å². The minimum absolute atomic E-state index is 0.249. The van der Waals surface area contributed by atoms with E-state index in [9.17, 15) is 4.79 Å². The quantitative estimate of drug-likeness (QED) is 0.878. The fraction of sp³-hybridized carbons (Fsp3) is 0.500. The number of nitrogens with one attached hydrogen (secondary N) is 1. The summed E-state index contributed by atoms with van der Waals surface area (Å²) >= 11 is 0. The molecule has 1 aliphatic carbocycles. The number of ether oxygens (including phenoxy) is 1. The molecule has 0 atom stereocenters. The van der Waals surface area contributed by atoms with E-state index in [4.69, 9.17) is 4.74 Å².